The molecule has 1 heterocycles. The fraction of sp³-hybridized carbons (Fsp3) is 0. The summed E-state index contributed by atoms with van der Waals surface area (Å²) in [7, 11) is 0. The van der Waals surface area contributed by atoms with Crippen LogP contribution in [-0.2, 0) is 0 Å². The van der Waals surface area contributed by atoms with Crippen LogP contribution in [0.4, 0.5) is 17.1 Å². The number of fused-ring (bicyclic) bond motifs is 9. The van der Waals surface area contributed by atoms with Crippen LogP contribution in [0.1, 0.15) is 0 Å². The SMILES string of the molecule is c1ccc(N(c2ccc(-c3cc4ccccc4c4c3ccc3ccccc34)cc2)c2ccc3cc4c(cc3c2)oc2ccccc24)cc1. The summed E-state index contributed by atoms with van der Waals surface area (Å²) in [6.07, 6.45) is 0. The quantitative estimate of drug-likeness (QED) is 0.184. The highest BCUT2D eigenvalue weighted by atomic mass is 16.3. The average Bonchev–Trinajstić information content (AvgIpc) is 3.51. The van der Waals surface area contributed by atoms with E-state index in [9.17, 15) is 0 Å². The molecule has 0 spiro atoms. The zero-order valence-electron chi connectivity index (χ0n) is 26.1. The van der Waals surface area contributed by atoms with Crippen molar-refractivity contribution < 1.29 is 4.42 Å². The van der Waals surface area contributed by atoms with Crippen LogP contribution in [0.5, 0.6) is 0 Å². The Hall–Kier alpha value is -6.38. The van der Waals surface area contributed by atoms with Crippen molar-refractivity contribution in [1.82, 2.24) is 0 Å². The minimum atomic E-state index is 0.909. The third-order valence-electron chi connectivity index (χ3n) is 9.78. The van der Waals surface area contributed by atoms with E-state index in [1.807, 2.05) is 12.1 Å². The summed E-state index contributed by atoms with van der Waals surface area (Å²) in [5.74, 6) is 0. The molecule has 2 heteroatoms. The molecule has 0 saturated heterocycles. The van der Waals surface area contributed by atoms with Crippen molar-refractivity contribution in [1.29, 1.82) is 0 Å². The van der Waals surface area contributed by atoms with Crippen LogP contribution >= 0.6 is 0 Å². The van der Waals surface area contributed by atoms with E-state index in [-0.39, 0.29) is 0 Å². The molecule has 0 aliphatic carbocycles. The molecular weight excluding hydrogens is 583 g/mol. The van der Waals surface area contributed by atoms with Gasteiger partial charge in [0.15, 0.2) is 0 Å². The zero-order valence-corrected chi connectivity index (χ0v) is 26.1. The molecule has 0 N–H and O–H groups in total. The Kier molecular flexibility index (Phi) is 5.91. The predicted molar refractivity (Wildman–Crippen MR) is 204 cm³/mol. The molecule has 0 radical (unpaired) electrons. The lowest BCUT2D eigenvalue weighted by Crippen LogP contribution is -2.09. The molecule has 10 rings (SSSR count). The number of nitrogens with zero attached hydrogens (tertiary/aromatic N) is 1. The lowest BCUT2D eigenvalue weighted by Gasteiger charge is -2.26. The first kappa shape index (κ1) is 26.8. The Labute approximate surface area is 277 Å². The van der Waals surface area contributed by atoms with E-state index in [1.165, 1.54) is 48.8 Å². The molecule has 0 bridgehead atoms. The third-order valence-corrected chi connectivity index (χ3v) is 9.78. The molecule has 0 atom stereocenters. The van der Waals surface area contributed by atoms with E-state index < -0.39 is 0 Å². The van der Waals surface area contributed by atoms with Gasteiger partial charge in [0, 0.05) is 27.8 Å². The Morgan fingerprint density at radius 1 is 0.333 bits per heavy atom. The van der Waals surface area contributed by atoms with Gasteiger partial charge < -0.3 is 9.32 Å². The molecule has 0 unspecified atom stereocenters. The summed E-state index contributed by atoms with van der Waals surface area (Å²) in [6.45, 7) is 0. The van der Waals surface area contributed by atoms with Crippen LogP contribution < -0.4 is 4.90 Å². The molecule has 2 nitrogen and oxygen atoms in total. The van der Waals surface area contributed by atoms with Gasteiger partial charge in [0.2, 0.25) is 0 Å². The van der Waals surface area contributed by atoms with Gasteiger partial charge in [-0.2, -0.15) is 0 Å². The molecule has 1 aromatic heterocycles. The van der Waals surface area contributed by atoms with Crippen LogP contribution in [-0.4, -0.2) is 0 Å². The van der Waals surface area contributed by atoms with Crippen LogP contribution in [0.3, 0.4) is 0 Å². The van der Waals surface area contributed by atoms with Gasteiger partial charge in [-0.15, -0.1) is 0 Å². The lowest BCUT2D eigenvalue weighted by molar-refractivity contribution is 0.669. The van der Waals surface area contributed by atoms with Crippen LogP contribution in [0.25, 0.3) is 76.2 Å². The standard InChI is InChI=1S/C46H29NO/c1-2-12-35(13-3-1)47(37-24-20-32-27-43-40-16-8-9-17-44(40)48-45(43)29-34(32)26-37)36-22-18-31(19-23-36)42-28-33-11-5-7-15-39(33)46-38-14-6-4-10-30(38)21-25-41(42)46/h1-29H. The van der Waals surface area contributed by atoms with Gasteiger partial charge in [0.25, 0.3) is 0 Å². The first-order valence-electron chi connectivity index (χ1n) is 16.4. The van der Waals surface area contributed by atoms with Crippen molar-refractivity contribution in [2.45, 2.75) is 0 Å². The number of rotatable bonds is 4. The maximum Gasteiger partial charge on any atom is 0.136 e. The van der Waals surface area contributed by atoms with Crippen molar-refractivity contribution in [3.63, 3.8) is 0 Å². The van der Waals surface area contributed by atoms with E-state index in [2.05, 4.69) is 169 Å². The number of hydrogen-bond donors (Lipinski definition) is 0. The number of furan rings is 1. The van der Waals surface area contributed by atoms with Gasteiger partial charge in [-0.1, -0.05) is 115 Å². The Morgan fingerprint density at radius 3 is 1.81 bits per heavy atom. The second-order valence-corrected chi connectivity index (χ2v) is 12.6. The molecule has 9 aromatic carbocycles. The van der Waals surface area contributed by atoms with E-state index >= 15 is 0 Å². The summed E-state index contributed by atoms with van der Waals surface area (Å²) in [5.41, 5.74) is 7.57. The lowest BCUT2D eigenvalue weighted by atomic mass is 9.90. The number of anilines is 3. The number of para-hydroxylation sites is 2. The predicted octanol–water partition coefficient (Wildman–Crippen LogP) is 13.3. The van der Waals surface area contributed by atoms with E-state index in [4.69, 9.17) is 4.42 Å². The molecule has 48 heavy (non-hydrogen) atoms. The molecule has 0 amide bonds. The van der Waals surface area contributed by atoms with Crippen LogP contribution in [0.15, 0.2) is 180 Å². The van der Waals surface area contributed by atoms with Crippen molar-refractivity contribution in [3.05, 3.63) is 176 Å². The molecule has 0 aliphatic heterocycles. The van der Waals surface area contributed by atoms with Gasteiger partial charge in [0.1, 0.15) is 11.2 Å². The Morgan fingerprint density at radius 2 is 0.979 bits per heavy atom. The first-order valence-corrected chi connectivity index (χ1v) is 16.4. The highest BCUT2D eigenvalue weighted by Crippen LogP contribution is 2.42. The molecule has 224 valence electrons. The molecule has 0 aliphatic rings. The monoisotopic (exact) mass is 611 g/mol. The first-order chi connectivity index (χ1) is 23.8. The number of benzene rings is 9. The summed E-state index contributed by atoms with van der Waals surface area (Å²) in [6, 6.07) is 63.4. The highest BCUT2D eigenvalue weighted by Gasteiger charge is 2.16. The minimum absolute atomic E-state index is 0.909. The van der Waals surface area contributed by atoms with E-state index in [0.717, 1.165) is 44.4 Å². The topological polar surface area (TPSA) is 16.4 Å². The van der Waals surface area contributed by atoms with Crippen molar-refractivity contribution in [2.75, 3.05) is 4.90 Å². The summed E-state index contributed by atoms with van der Waals surface area (Å²) < 4.78 is 6.25. The Balaban J connectivity index is 1.12. The van der Waals surface area contributed by atoms with Crippen molar-refractivity contribution in [3.8, 4) is 11.1 Å². The van der Waals surface area contributed by atoms with Crippen molar-refractivity contribution >= 4 is 82.1 Å². The van der Waals surface area contributed by atoms with E-state index in [0.29, 0.717) is 0 Å². The van der Waals surface area contributed by atoms with Crippen LogP contribution in [0, 0.1) is 0 Å². The summed E-state index contributed by atoms with van der Waals surface area (Å²) in [5, 5.41) is 12.3. The normalized spacial score (nSPS) is 11.8. The summed E-state index contributed by atoms with van der Waals surface area (Å²) >= 11 is 0. The molecule has 0 saturated carbocycles. The minimum Gasteiger partial charge on any atom is -0.456 e. The summed E-state index contributed by atoms with van der Waals surface area (Å²) in [4.78, 5) is 2.33. The van der Waals surface area contributed by atoms with Gasteiger partial charge in [-0.05, 0) is 115 Å². The molecule has 0 fully saturated rings. The molecule has 10 aromatic rings. The van der Waals surface area contributed by atoms with Gasteiger partial charge in [0.05, 0.1) is 0 Å². The highest BCUT2D eigenvalue weighted by molar-refractivity contribution is 6.24. The van der Waals surface area contributed by atoms with Crippen molar-refractivity contribution in [2.24, 2.45) is 0 Å². The molecular formula is C46H29NO. The largest absolute Gasteiger partial charge is 0.456 e. The maximum atomic E-state index is 6.25. The van der Waals surface area contributed by atoms with Gasteiger partial charge in [-0.25, -0.2) is 0 Å². The maximum absolute atomic E-state index is 6.25. The average molecular weight is 612 g/mol. The zero-order chi connectivity index (χ0) is 31.6. The third kappa shape index (κ3) is 4.20. The van der Waals surface area contributed by atoms with Crippen LogP contribution in [0.2, 0.25) is 0 Å². The Bertz CT molecular complexity index is 2810. The fourth-order valence-electron chi connectivity index (χ4n) is 7.52. The second-order valence-electron chi connectivity index (χ2n) is 12.6. The van der Waals surface area contributed by atoms with Gasteiger partial charge >= 0.3 is 0 Å². The van der Waals surface area contributed by atoms with Gasteiger partial charge in [-0.3, -0.25) is 0 Å². The fourth-order valence-corrected chi connectivity index (χ4v) is 7.52. The van der Waals surface area contributed by atoms with E-state index in [1.54, 1.807) is 0 Å². The smallest absolute Gasteiger partial charge is 0.136 e. The number of hydrogen-bond acceptors (Lipinski definition) is 2. The second kappa shape index (κ2) is 10.6.